The Hall–Kier alpha value is -4.31. The molecule has 4 rings (SSSR count). The van der Waals surface area contributed by atoms with Gasteiger partial charge in [-0.25, -0.2) is 4.98 Å². The Balaban J connectivity index is 1.64. The van der Waals surface area contributed by atoms with Crippen LogP contribution in [0.5, 0.6) is 0 Å². The first kappa shape index (κ1) is 22.9. The molecule has 170 valence electrons. The molecule has 2 heterocycles. The van der Waals surface area contributed by atoms with Crippen molar-refractivity contribution in [1.29, 1.82) is 0 Å². The predicted octanol–water partition coefficient (Wildman–Crippen LogP) is 6.39. The minimum atomic E-state index is -4.50. The van der Waals surface area contributed by atoms with Crippen LogP contribution in [0.15, 0.2) is 80.0 Å². The summed E-state index contributed by atoms with van der Waals surface area (Å²) in [7, 11) is 0. The van der Waals surface area contributed by atoms with Crippen molar-refractivity contribution in [2.45, 2.75) is 20.0 Å². The van der Waals surface area contributed by atoms with Crippen LogP contribution in [0.2, 0.25) is 0 Å². The normalized spacial score (nSPS) is 11.0. The van der Waals surface area contributed by atoms with Gasteiger partial charge >= 0.3 is 6.18 Å². The molecular formula is C27H21F3N4. The van der Waals surface area contributed by atoms with E-state index in [1.807, 2.05) is 37.3 Å². The van der Waals surface area contributed by atoms with E-state index in [0.717, 1.165) is 34.4 Å². The molecule has 0 radical (unpaired) electrons. The lowest BCUT2D eigenvalue weighted by molar-refractivity contribution is -0.137. The van der Waals surface area contributed by atoms with Crippen LogP contribution < -0.4 is 5.32 Å². The lowest BCUT2D eigenvalue weighted by Crippen LogP contribution is -2.08. The summed E-state index contributed by atoms with van der Waals surface area (Å²) in [4.78, 5) is 8.16. The van der Waals surface area contributed by atoms with E-state index < -0.39 is 11.7 Å². The van der Waals surface area contributed by atoms with E-state index in [1.165, 1.54) is 6.33 Å². The molecule has 0 unspecified atom stereocenters. The first-order valence-electron chi connectivity index (χ1n) is 10.4. The molecule has 7 heteroatoms. The highest BCUT2D eigenvalue weighted by Crippen LogP contribution is 2.34. The zero-order valence-corrected chi connectivity index (χ0v) is 18.6. The maximum atomic E-state index is 13.6. The maximum absolute atomic E-state index is 13.6. The molecule has 4 aromatic rings. The van der Waals surface area contributed by atoms with Gasteiger partial charge in [0.1, 0.15) is 0 Å². The molecule has 34 heavy (non-hydrogen) atoms. The summed E-state index contributed by atoms with van der Waals surface area (Å²) in [6, 6.07) is 13.1. The van der Waals surface area contributed by atoms with Gasteiger partial charge in [0.15, 0.2) is 0 Å². The van der Waals surface area contributed by atoms with Crippen LogP contribution in [0.4, 0.5) is 18.9 Å². The van der Waals surface area contributed by atoms with E-state index >= 15 is 0 Å². The van der Waals surface area contributed by atoms with Gasteiger partial charge in [0, 0.05) is 46.8 Å². The molecule has 0 aliphatic carbocycles. The Morgan fingerprint density at radius 3 is 2.56 bits per heavy atom. The second-order valence-electron chi connectivity index (χ2n) is 7.81. The monoisotopic (exact) mass is 458 g/mol. The van der Waals surface area contributed by atoms with Crippen molar-refractivity contribution in [2.24, 2.45) is 0 Å². The van der Waals surface area contributed by atoms with Crippen molar-refractivity contribution >= 4 is 11.4 Å². The van der Waals surface area contributed by atoms with Gasteiger partial charge in [-0.1, -0.05) is 30.6 Å². The molecule has 0 spiro atoms. The van der Waals surface area contributed by atoms with Gasteiger partial charge in [-0.15, -0.1) is 0 Å². The van der Waals surface area contributed by atoms with Crippen molar-refractivity contribution in [3.8, 4) is 17.5 Å². The minimum absolute atomic E-state index is 0.268. The molecule has 1 N–H and O–H groups in total. The number of aryl methyl sites for hydroxylation is 2. The summed E-state index contributed by atoms with van der Waals surface area (Å²) < 4.78 is 42.2. The van der Waals surface area contributed by atoms with Gasteiger partial charge < -0.3 is 9.88 Å². The van der Waals surface area contributed by atoms with Crippen LogP contribution in [-0.2, 0) is 6.18 Å². The number of rotatable bonds is 4. The van der Waals surface area contributed by atoms with Crippen LogP contribution in [0.1, 0.15) is 33.5 Å². The highest BCUT2D eigenvalue weighted by atomic mass is 19.4. The maximum Gasteiger partial charge on any atom is 0.416 e. The SMILES string of the molecule is C=C(Nc1cc(-n2cnc(C)c2)cc(C(F)(F)F)c1)c1ccc(C)c(C#Cc2cccnc2)c1. The molecule has 0 atom stereocenters. The van der Waals surface area contributed by atoms with Crippen LogP contribution in [-0.4, -0.2) is 14.5 Å². The molecule has 4 nitrogen and oxygen atoms in total. The van der Waals surface area contributed by atoms with Crippen molar-refractivity contribution < 1.29 is 13.2 Å². The summed E-state index contributed by atoms with van der Waals surface area (Å²) in [5, 5.41) is 3.02. The molecule has 0 saturated carbocycles. The summed E-state index contributed by atoms with van der Waals surface area (Å²) in [6.45, 7) is 7.76. The average Bonchev–Trinajstić information content (AvgIpc) is 3.25. The Morgan fingerprint density at radius 1 is 1.06 bits per heavy atom. The van der Waals surface area contributed by atoms with Crippen molar-refractivity contribution in [3.05, 3.63) is 114 Å². The summed E-state index contributed by atoms with van der Waals surface area (Å²) in [6.07, 6.45) is 2.01. The Labute approximate surface area is 195 Å². The molecule has 2 aromatic carbocycles. The fourth-order valence-corrected chi connectivity index (χ4v) is 3.33. The number of anilines is 1. The average molecular weight is 458 g/mol. The van der Waals surface area contributed by atoms with E-state index in [1.54, 1.807) is 36.1 Å². The van der Waals surface area contributed by atoms with Crippen LogP contribution in [0.25, 0.3) is 11.4 Å². The fraction of sp³-hybridized carbons (Fsp3) is 0.111. The summed E-state index contributed by atoms with van der Waals surface area (Å²) >= 11 is 0. The number of nitrogens with zero attached hydrogens (tertiary/aromatic N) is 3. The van der Waals surface area contributed by atoms with Crippen LogP contribution in [0.3, 0.4) is 0 Å². The second kappa shape index (κ2) is 9.28. The van der Waals surface area contributed by atoms with Gasteiger partial charge in [-0.2, -0.15) is 13.2 Å². The second-order valence-corrected chi connectivity index (χ2v) is 7.81. The van der Waals surface area contributed by atoms with Gasteiger partial charge in [0.25, 0.3) is 0 Å². The van der Waals surface area contributed by atoms with Crippen molar-refractivity contribution in [3.63, 3.8) is 0 Å². The number of imidazole rings is 1. The first-order valence-corrected chi connectivity index (χ1v) is 10.4. The van der Waals surface area contributed by atoms with Crippen molar-refractivity contribution in [1.82, 2.24) is 14.5 Å². The van der Waals surface area contributed by atoms with E-state index in [0.29, 0.717) is 17.1 Å². The topological polar surface area (TPSA) is 42.7 Å². The van der Waals surface area contributed by atoms with Crippen LogP contribution in [0, 0.1) is 25.7 Å². The Morgan fingerprint density at radius 2 is 1.88 bits per heavy atom. The smallest absolute Gasteiger partial charge is 0.355 e. The number of alkyl halides is 3. The van der Waals surface area contributed by atoms with E-state index in [9.17, 15) is 13.2 Å². The molecule has 0 aliphatic rings. The molecule has 0 saturated heterocycles. The molecule has 0 bridgehead atoms. The highest BCUT2D eigenvalue weighted by Gasteiger charge is 2.31. The van der Waals surface area contributed by atoms with E-state index in [2.05, 4.69) is 33.7 Å². The van der Waals surface area contributed by atoms with E-state index in [-0.39, 0.29) is 5.69 Å². The number of halogens is 3. The number of nitrogens with one attached hydrogen (secondary N) is 1. The van der Waals surface area contributed by atoms with Gasteiger partial charge in [0.05, 0.1) is 17.6 Å². The third-order valence-corrected chi connectivity index (χ3v) is 5.14. The molecular weight excluding hydrogens is 437 g/mol. The summed E-state index contributed by atoms with van der Waals surface area (Å²) in [5.74, 6) is 6.21. The number of pyridine rings is 1. The third kappa shape index (κ3) is 5.36. The standard InChI is InChI=1S/C27H21F3N4/c1-18-6-8-23(11-22(18)9-7-21-5-4-10-31-15-21)20(3)33-25-12-24(27(28,29)30)13-26(14-25)34-16-19(2)32-17-34/h4-6,8,10-17,33H,3H2,1-2H3. The van der Waals surface area contributed by atoms with Gasteiger partial charge in [-0.3, -0.25) is 4.98 Å². The zero-order chi connectivity index (χ0) is 24.3. The molecule has 0 aliphatic heterocycles. The first-order chi connectivity index (χ1) is 16.2. The minimum Gasteiger partial charge on any atom is -0.355 e. The Kier molecular flexibility index (Phi) is 6.24. The zero-order valence-electron chi connectivity index (χ0n) is 18.6. The number of aromatic nitrogens is 3. The number of hydrogen-bond donors (Lipinski definition) is 1. The van der Waals surface area contributed by atoms with Crippen LogP contribution >= 0.6 is 0 Å². The largest absolute Gasteiger partial charge is 0.416 e. The number of benzene rings is 2. The molecule has 0 fully saturated rings. The Bertz CT molecular complexity index is 1410. The molecule has 2 aromatic heterocycles. The predicted molar refractivity (Wildman–Crippen MR) is 127 cm³/mol. The molecule has 0 amide bonds. The van der Waals surface area contributed by atoms with Gasteiger partial charge in [0.2, 0.25) is 0 Å². The lowest BCUT2D eigenvalue weighted by atomic mass is 10.0. The fourth-order valence-electron chi connectivity index (χ4n) is 3.33. The lowest BCUT2D eigenvalue weighted by Gasteiger charge is -2.16. The highest BCUT2D eigenvalue weighted by molar-refractivity contribution is 5.77. The van der Waals surface area contributed by atoms with Gasteiger partial charge in [-0.05, 0) is 61.4 Å². The third-order valence-electron chi connectivity index (χ3n) is 5.14. The van der Waals surface area contributed by atoms with Crippen molar-refractivity contribution in [2.75, 3.05) is 5.32 Å². The number of hydrogen-bond acceptors (Lipinski definition) is 3. The quantitative estimate of drug-likeness (QED) is 0.361. The van der Waals surface area contributed by atoms with E-state index in [4.69, 9.17) is 0 Å². The summed E-state index contributed by atoms with van der Waals surface area (Å²) in [5.41, 5.74) is 4.29.